The van der Waals surface area contributed by atoms with Crippen LogP contribution in [0.15, 0.2) is 24.3 Å². The normalized spacial score (nSPS) is 18.5. The molecule has 0 spiro atoms. The third-order valence-corrected chi connectivity index (χ3v) is 3.80. The molecule has 1 aliphatic rings. The number of amides is 2. The van der Waals surface area contributed by atoms with E-state index >= 15 is 0 Å². The van der Waals surface area contributed by atoms with Crippen molar-refractivity contribution in [3.8, 4) is 0 Å². The fourth-order valence-electron chi connectivity index (χ4n) is 2.48. The number of esters is 1. The Kier molecular flexibility index (Phi) is 5.14. The predicted octanol–water partition coefficient (Wildman–Crippen LogP) is 0.474. The van der Waals surface area contributed by atoms with E-state index in [1.54, 1.807) is 0 Å². The quantitative estimate of drug-likeness (QED) is 0.775. The van der Waals surface area contributed by atoms with E-state index in [-0.39, 0.29) is 11.8 Å². The van der Waals surface area contributed by atoms with Crippen molar-refractivity contribution in [3.63, 3.8) is 0 Å². The number of carbonyl (C=O) groups is 3. The van der Waals surface area contributed by atoms with Crippen molar-refractivity contribution in [2.45, 2.75) is 38.3 Å². The van der Waals surface area contributed by atoms with Crippen LogP contribution in [0.1, 0.15) is 24.0 Å². The van der Waals surface area contributed by atoms with Crippen LogP contribution in [0, 0.1) is 6.92 Å². The van der Waals surface area contributed by atoms with E-state index < -0.39 is 18.1 Å². The van der Waals surface area contributed by atoms with Gasteiger partial charge in [0.15, 0.2) is 0 Å². The van der Waals surface area contributed by atoms with E-state index in [4.69, 9.17) is 4.74 Å². The molecule has 0 aromatic heterocycles. The lowest BCUT2D eigenvalue weighted by Crippen LogP contribution is -2.50. The molecule has 2 N–H and O–H groups in total. The second-order valence-corrected chi connectivity index (χ2v) is 5.37. The van der Waals surface area contributed by atoms with Crippen LogP contribution in [0.2, 0.25) is 0 Å². The number of rotatable bonds is 5. The molecule has 118 valence electrons. The van der Waals surface area contributed by atoms with Gasteiger partial charge in [-0.3, -0.25) is 9.59 Å². The third kappa shape index (κ3) is 3.84. The summed E-state index contributed by atoms with van der Waals surface area (Å²) in [6, 6.07) is 6.32. The second-order valence-electron chi connectivity index (χ2n) is 5.37. The molecule has 22 heavy (non-hydrogen) atoms. The van der Waals surface area contributed by atoms with Gasteiger partial charge in [0.2, 0.25) is 11.8 Å². The number of nitrogens with one attached hydrogen (secondary N) is 2. The summed E-state index contributed by atoms with van der Waals surface area (Å²) in [5.74, 6) is -0.996. The summed E-state index contributed by atoms with van der Waals surface area (Å²) < 4.78 is 4.77. The highest BCUT2D eigenvalue weighted by Gasteiger charge is 2.31. The Morgan fingerprint density at radius 1 is 1.41 bits per heavy atom. The first-order chi connectivity index (χ1) is 10.5. The molecule has 1 saturated heterocycles. The van der Waals surface area contributed by atoms with Crippen LogP contribution in [0.5, 0.6) is 0 Å². The number of carbonyl (C=O) groups excluding carboxylic acids is 3. The van der Waals surface area contributed by atoms with E-state index in [1.807, 2.05) is 31.2 Å². The Bertz CT molecular complexity index is 585. The molecule has 0 bridgehead atoms. The lowest BCUT2D eigenvalue weighted by atomic mass is 10.0. The highest BCUT2D eigenvalue weighted by molar-refractivity contribution is 5.93. The maximum atomic E-state index is 12.2. The largest absolute Gasteiger partial charge is 0.467 e. The van der Waals surface area contributed by atoms with Gasteiger partial charge in [0.1, 0.15) is 12.1 Å². The fourth-order valence-corrected chi connectivity index (χ4v) is 2.48. The van der Waals surface area contributed by atoms with Gasteiger partial charge in [-0.1, -0.05) is 24.3 Å². The van der Waals surface area contributed by atoms with Crippen molar-refractivity contribution >= 4 is 17.8 Å². The number of hydrogen-bond acceptors (Lipinski definition) is 4. The minimum Gasteiger partial charge on any atom is -0.467 e. The van der Waals surface area contributed by atoms with Crippen LogP contribution in [0.3, 0.4) is 0 Å². The summed E-state index contributed by atoms with van der Waals surface area (Å²) in [6.07, 6.45) is 1.13. The SMILES string of the molecule is COC(=O)[C@@H](Cc1ccccc1C)NC(=O)[C@@H]1CCC(=O)N1. The first-order valence-electron chi connectivity index (χ1n) is 7.23. The molecule has 2 amide bonds. The topological polar surface area (TPSA) is 84.5 Å². The highest BCUT2D eigenvalue weighted by Crippen LogP contribution is 2.12. The monoisotopic (exact) mass is 304 g/mol. The Labute approximate surface area is 129 Å². The smallest absolute Gasteiger partial charge is 0.328 e. The molecular formula is C16H20N2O4. The minimum atomic E-state index is -0.767. The summed E-state index contributed by atoms with van der Waals surface area (Å²) in [5.41, 5.74) is 2.01. The predicted molar refractivity (Wildman–Crippen MR) is 80.0 cm³/mol. The number of methoxy groups -OCH3 is 1. The first-order valence-corrected chi connectivity index (χ1v) is 7.23. The summed E-state index contributed by atoms with van der Waals surface area (Å²) in [4.78, 5) is 35.3. The number of aryl methyl sites for hydroxylation is 1. The molecule has 2 atom stereocenters. The standard InChI is InChI=1S/C16H20N2O4/c1-10-5-3-4-6-11(10)9-13(16(21)22-2)18-15(20)12-7-8-14(19)17-12/h3-6,12-13H,7-9H2,1-2H3,(H,17,19)(H,18,20)/t12-,13+/m0/s1. The minimum absolute atomic E-state index is 0.145. The Hall–Kier alpha value is -2.37. The molecule has 1 aliphatic heterocycles. The summed E-state index contributed by atoms with van der Waals surface area (Å²) in [6.45, 7) is 1.95. The van der Waals surface area contributed by atoms with Crippen LogP contribution < -0.4 is 10.6 Å². The van der Waals surface area contributed by atoms with E-state index in [9.17, 15) is 14.4 Å². The van der Waals surface area contributed by atoms with E-state index in [0.29, 0.717) is 19.3 Å². The summed E-state index contributed by atoms with van der Waals surface area (Å²) in [5, 5.41) is 5.27. The zero-order chi connectivity index (χ0) is 16.1. The zero-order valence-corrected chi connectivity index (χ0v) is 12.7. The van der Waals surface area contributed by atoms with Crippen molar-refractivity contribution in [2.24, 2.45) is 0 Å². The van der Waals surface area contributed by atoms with Crippen LogP contribution >= 0.6 is 0 Å². The lowest BCUT2D eigenvalue weighted by molar-refractivity contribution is -0.145. The number of benzene rings is 1. The lowest BCUT2D eigenvalue weighted by Gasteiger charge is -2.19. The van der Waals surface area contributed by atoms with Crippen molar-refractivity contribution in [3.05, 3.63) is 35.4 Å². The molecule has 2 rings (SSSR count). The molecule has 6 heteroatoms. The van der Waals surface area contributed by atoms with Crippen molar-refractivity contribution in [1.82, 2.24) is 10.6 Å². The van der Waals surface area contributed by atoms with Gasteiger partial charge in [-0.05, 0) is 24.5 Å². The molecule has 0 unspecified atom stereocenters. The van der Waals surface area contributed by atoms with Crippen LogP contribution in [-0.2, 0) is 25.5 Å². The molecule has 1 aromatic carbocycles. The van der Waals surface area contributed by atoms with Gasteiger partial charge >= 0.3 is 5.97 Å². The number of ether oxygens (including phenoxy) is 1. The maximum Gasteiger partial charge on any atom is 0.328 e. The Morgan fingerprint density at radius 2 is 2.14 bits per heavy atom. The van der Waals surface area contributed by atoms with Gasteiger partial charge < -0.3 is 15.4 Å². The Balaban J connectivity index is 2.06. The average molecular weight is 304 g/mol. The van der Waals surface area contributed by atoms with E-state index in [1.165, 1.54) is 7.11 Å². The highest BCUT2D eigenvalue weighted by atomic mass is 16.5. The maximum absolute atomic E-state index is 12.2. The van der Waals surface area contributed by atoms with Gasteiger partial charge in [0.25, 0.3) is 0 Å². The van der Waals surface area contributed by atoms with Crippen LogP contribution in [0.4, 0.5) is 0 Å². The molecular weight excluding hydrogens is 284 g/mol. The van der Waals surface area contributed by atoms with Gasteiger partial charge in [0, 0.05) is 12.8 Å². The Morgan fingerprint density at radius 3 is 2.73 bits per heavy atom. The fraction of sp³-hybridized carbons (Fsp3) is 0.438. The summed E-state index contributed by atoms with van der Waals surface area (Å²) >= 11 is 0. The molecule has 1 heterocycles. The molecule has 6 nitrogen and oxygen atoms in total. The third-order valence-electron chi connectivity index (χ3n) is 3.80. The van der Waals surface area contributed by atoms with E-state index in [0.717, 1.165) is 11.1 Å². The van der Waals surface area contributed by atoms with Gasteiger partial charge in [-0.15, -0.1) is 0 Å². The summed E-state index contributed by atoms with van der Waals surface area (Å²) in [7, 11) is 1.29. The van der Waals surface area contributed by atoms with Crippen LogP contribution in [-0.4, -0.2) is 37.0 Å². The van der Waals surface area contributed by atoms with Gasteiger partial charge in [-0.2, -0.15) is 0 Å². The zero-order valence-electron chi connectivity index (χ0n) is 12.7. The van der Waals surface area contributed by atoms with Gasteiger partial charge in [0.05, 0.1) is 7.11 Å². The second kappa shape index (κ2) is 7.06. The molecule has 1 fully saturated rings. The van der Waals surface area contributed by atoms with Gasteiger partial charge in [-0.25, -0.2) is 4.79 Å². The average Bonchev–Trinajstić information content (AvgIpc) is 2.94. The molecule has 0 saturated carbocycles. The number of hydrogen-bond donors (Lipinski definition) is 2. The van der Waals surface area contributed by atoms with E-state index in [2.05, 4.69) is 10.6 Å². The molecule has 0 aliphatic carbocycles. The van der Waals surface area contributed by atoms with Crippen molar-refractivity contribution < 1.29 is 19.1 Å². The van der Waals surface area contributed by atoms with Crippen LogP contribution in [0.25, 0.3) is 0 Å². The van der Waals surface area contributed by atoms with Crippen molar-refractivity contribution in [2.75, 3.05) is 7.11 Å². The molecule has 0 radical (unpaired) electrons. The first kappa shape index (κ1) is 16.0. The molecule has 1 aromatic rings. The van der Waals surface area contributed by atoms with Crippen molar-refractivity contribution in [1.29, 1.82) is 0 Å².